The predicted molar refractivity (Wildman–Crippen MR) is 138 cm³/mol. The Morgan fingerprint density at radius 2 is 2.00 bits per heavy atom. The summed E-state index contributed by atoms with van der Waals surface area (Å²) in [5.41, 5.74) is 1.64. The Kier molecular flexibility index (Phi) is 7.85. The van der Waals surface area contributed by atoms with E-state index >= 15 is 0 Å². The van der Waals surface area contributed by atoms with Crippen LogP contribution in [0.1, 0.15) is 56.5 Å². The lowest BCUT2D eigenvalue weighted by atomic mass is 10.0. The molecule has 0 aliphatic carbocycles. The maximum Gasteiger partial charge on any atom is 0.416 e. The van der Waals surface area contributed by atoms with Crippen LogP contribution in [0.25, 0.3) is 20.8 Å². The summed E-state index contributed by atoms with van der Waals surface area (Å²) < 4.78 is 40.4. The molecule has 3 heterocycles. The van der Waals surface area contributed by atoms with E-state index in [1.807, 2.05) is 0 Å². The molecule has 1 aromatic carbocycles. The van der Waals surface area contributed by atoms with Gasteiger partial charge in [-0.15, -0.1) is 22.7 Å². The summed E-state index contributed by atoms with van der Waals surface area (Å²) in [5.74, 6) is -0.0816. The molecule has 0 fully saturated rings. The highest BCUT2D eigenvalue weighted by molar-refractivity contribution is 7.23. The Labute approximate surface area is 211 Å². The number of alkyl halides is 3. The van der Waals surface area contributed by atoms with Gasteiger partial charge >= 0.3 is 6.18 Å². The second kappa shape index (κ2) is 10.5. The van der Waals surface area contributed by atoms with Crippen LogP contribution in [0.15, 0.2) is 18.2 Å². The van der Waals surface area contributed by atoms with Crippen LogP contribution in [0.3, 0.4) is 0 Å². The molecule has 2 aromatic heterocycles. The first-order valence-corrected chi connectivity index (χ1v) is 13.6. The van der Waals surface area contributed by atoms with Gasteiger partial charge in [-0.2, -0.15) is 13.2 Å². The molecule has 0 radical (unpaired) electrons. The molecule has 4 rings (SSSR count). The Balaban J connectivity index is 1.68. The van der Waals surface area contributed by atoms with Crippen molar-refractivity contribution in [3.05, 3.63) is 34.2 Å². The number of amides is 1. The number of hydrogen-bond donors (Lipinski definition) is 2. The van der Waals surface area contributed by atoms with Crippen LogP contribution >= 0.6 is 22.7 Å². The minimum Gasteiger partial charge on any atom is -0.317 e. The van der Waals surface area contributed by atoms with Crippen molar-refractivity contribution < 1.29 is 18.0 Å². The normalized spacial score (nSPS) is 15.5. The summed E-state index contributed by atoms with van der Waals surface area (Å²) in [7, 11) is 0. The minimum atomic E-state index is -4.41. The van der Waals surface area contributed by atoms with Crippen molar-refractivity contribution in [1.82, 2.24) is 15.2 Å². The number of nitrogens with zero attached hydrogens (tertiary/aromatic N) is 2. The van der Waals surface area contributed by atoms with Crippen LogP contribution in [0.5, 0.6) is 0 Å². The van der Waals surface area contributed by atoms with Crippen molar-refractivity contribution in [3.63, 3.8) is 0 Å². The first-order chi connectivity index (χ1) is 16.6. The fourth-order valence-electron chi connectivity index (χ4n) is 4.15. The highest BCUT2D eigenvalue weighted by Crippen LogP contribution is 2.46. The number of nitrogens with one attached hydrogen (secondary N) is 2. The zero-order chi connectivity index (χ0) is 25.3. The molecular weight excluding hydrogens is 493 g/mol. The number of aromatic nitrogens is 1. The van der Waals surface area contributed by atoms with Crippen LogP contribution < -0.4 is 10.6 Å². The molecule has 0 bridgehead atoms. The number of rotatable bonds is 8. The number of benzene rings is 1. The third-order valence-corrected chi connectivity index (χ3v) is 8.64. The molecule has 1 aliphatic heterocycles. The molecule has 2 N–H and O–H groups in total. The maximum atomic E-state index is 13.2. The van der Waals surface area contributed by atoms with Gasteiger partial charge in [0.05, 0.1) is 15.8 Å². The van der Waals surface area contributed by atoms with E-state index < -0.39 is 11.7 Å². The molecular formula is C25H31F3N4OS2. The molecule has 1 atom stereocenters. The Morgan fingerprint density at radius 3 is 2.69 bits per heavy atom. The molecule has 1 amide bonds. The second-order valence-corrected chi connectivity index (χ2v) is 11.4. The second-order valence-electron chi connectivity index (χ2n) is 9.28. The van der Waals surface area contributed by atoms with E-state index in [0.29, 0.717) is 40.3 Å². The van der Waals surface area contributed by atoms with Gasteiger partial charge in [0.15, 0.2) is 0 Å². The number of anilines is 1. The monoisotopic (exact) mass is 524 g/mol. The first-order valence-electron chi connectivity index (χ1n) is 12.0. The SMILES string of the molecule is CC[C@@H](C)NCCC(=O)Nc1sc2c(c1-c1nc3cc(C(F)(F)F)ccc3s1)CCN(C(C)C)C2. The van der Waals surface area contributed by atoms with Gasteiger partial charge in [0, 0.05) is 48.6 Å². The third kappa shape index (κ3) is 5.87. The maximum absolute atomic E-state index is 13.2. The molecule has 1 aliphatic rings. The van der Waals surface area contributed by atoms with Crippen LogP contribution in [-0.4, -0.2) is 41.0 Å². The molecule has 0 spiro atoms. The number of carbonyl (C=O) groups is 1. The average molecular weight is 525 g/mol. The van der Waals surface area contributed by atoms with Crippen LogP contribution in [0.4, 0.5) is 18.2 Å². The van der Waals surface area contributed by atoms with Gasteiger partial charge in [0.1, 0.15) is 10.0 Å². The highest BCUT2D eigenvalue weighted by Gasteiger charge is 2.32. The van der Waals surface area contributed by atoms with Gasteiger partial charge in [0.2, 0.25) is 5.91 Å². The molecule has 0 saturated heterocycles. The highest BCUT2D eigenvalue weighted by atomic mass is 32.1. The quantitative estimate of drug-likeness (QED) is 0.352. The largest absolute Gasteiger partial charge is 0.416 e. The number of thiazole rings is 1. The Hall–Kier alpha value is -2.01. The first kappa shape index (κ1) is 26.1. The summed E-state index contributed by atoms with van der Waals surface area (Å²) in [6, 6.07) is 4.44. The number of fused-ring (bicyclic) bond motifs is 2. The fourth-order valence-corrected chi connectivity index (χ4v) is 6.53. The fraction of sp³-hybridized carbons (Fsp3) is 0.520. The van der Waals surface area contributed by atoms with Crippen molar-refractivity contribution >= 4 is 43.8 Å². The number of carbonyl (C=O) groups excluding carboxylic acids is 1. The van der Waals surface area contributed by atoms with E-state index in [1.54, 1.807) is 11.3 Å². The minimum absolute atomic E-state index is 0.0816. The summed E-state index contributed by atoms with van der Waals surface area (Å²) in [6.45, 7) is 10.8. The third-order valence-electron chi connectivity index (χ3n) is 6.46. The summed E-state index contributed by atoms with van der Waals surface area (Å²) in [4.78, 5) is 21.0. The molecule has 10 heteroatoms. The number of hydrogen-bond acceptors (Lipinski definition) is 6. The van der Waals surface area contributed by atoms with Gasteiger partial charge in [-0.05, 0) is 57.4 Å². The van der Waals surface area contributed by atoms with Crippen molar-refractivity contribution in [1.29, 1.82) is 0 Å². The van der Waals surface area contributed by atoms with Gasteiger partial charge in [-0.3, -0.25) is 9.69 Å². The number of halogens is 3. The van der Waals surface area contributed by atoms with E-state index in [9.17, 15) is 18.0 Å². The molecule has 35 heavy (non-hydrogen) atoms. The lowest BCUT2D eigenvalue weighted by molar-refractivity contribution is -0.137. The van der Waals surface area contributed by atoms with Gasteiger partial charge in [0.25, 0.3) is 0 Å². The van der Waals surface area contributed by atoms with Gasteiger partial charge < -0.3 is 10.6 Å². The lowest BCUT2D eigenvalue weighted by Crippen LogP contribution is -2.35. The van der Waals surface area contributed by atoms with Gasteiger partial charge in [-0.1, -0.05) is 6.92 Å². The lowest BCUT2D eigenvalue weighted by Gasteiger charge is -2.30. The van der Waals surface area contributed by atoms with E-state index in [1.165, 1.54) is 22.3 Å². The van der Waals surface area contributed by atoms with Crippen molar-refractivity contribution in [2.75, 3.05) is 18.4 Å². The van der Waals surface area contributed by atoms with Gasteiger partial charge in [-0.25, -0.2) is 4.98 Å². The summed E-state index contributed by atoms with van der Waals surface area (Å²) in [5, 5.41) is 7.82. The van der Waals surface area contributed by atoms with E-state index in [0.717, 1.165) is 54.2 Å². The topological polar surface area (TPSA) is 57.3 Å². The van der Waals surface area contributed by atoms with Crippen LogP contribution in [0.2, 0.25) is 0 Å². The van der Waals surface area contributed by atoms with E-state index in [-0.39, 0.29) is 5.91 Å². The van der Waals surface area contributed by atoms with Crippen LogP contribution in [0, 0.1) is 0 Å². The van der Waals surface area contributed by atoms with Crippen LogP contribution in [-0.2, 0) is 23.9 Å². The molecule has 190 valence electrons. The average Bonchev–Trinajstić information content (AvgIpc) is 3.37. The zero-order valence-electron chi connectivity index (χ0n) is 20.4. The number of thiophene rings is 1. The molecule has 5 nitrogen and oxygen atoms in total. The summed E-state index contributed by atoms with van der Waals surface area (Å²) in [6.07, 6.45) is -2.26. The van der Waals surface area contributed by atoms with E-state index in [2.05, 4.69) is 48.2 Å². The Bertz CT molecular complexity index is 1200. The Morgan fingerprint density at radius 1 is 1.23 bits per heavy atom. The van der Waals surface area contributed by atoms with Crippen molar-refractivity contribution in [2.24, 2.45) is 0 Å². The molecule has 0 unspecified atom stereocenters. The zero-order valence-corrected chi connectivity index (χ0v) is 22.0. The standard InChI is InChI=1S/C25H31F3N4OS2/c1-5-15(4)29-10-8-21(33)31-24-22(17-9-11-32(14(2)3)13-20(17)35-24)23-30-18-12-16(25(26,27)28)6-7-19(18)34-23/h6-7,12,14-15,29H,5,8-11,13H2,1-4H3,(H,31,33)/t15-/m1/s1. The van der Waals surface area contributed by atoms with Crippen molar-refractivity contribution in [3.8, 4) is 10.6 Å². The molecule has 0 saturated carbocycles. The summed E-state index contributed by atoms with van der Waals surface area (Å²) >= 11 is 2.93. The predicted octanol–water partition coefficient (Wildman–Crippen LogP) is 6.53. The van der Waals surface area contributed by atoms with E-state index in [4.69, 9.17) is 0 Å². The smallest absolute Gasteiger partial charge is 0.317 e. The molecule has 3 aromatic rings. The van der Waals surface area contributed by atoms with Crippen molar-refractivity contribution in [2.45, 2.75) is 71.8 Å².